The fraction of sp³-hybridized carbons (Fsp3) is 0.0625. The first-order valence-electron chi connectivity index (χ1n) is 6.40. The van der Waals surface area contributed by atoms with E-state index in [4.69, 9.17) is 5.11 Å². The molecule has 0 fully saturated rings. The smallest absolute Gasteiger partial charge is 0.354 e. The molecule has 0 radical (unpaired) electrons. The van der Waals surface area contributed by atoms with Crippen molar-refractivity contribution < 1.29 is 14.3 Å². The molecule has 0 atom stereocenters. The van der Waals surface area contributed by atoms with Crippen molar-refractivity contribution in [3.05, 3.63) is 65.1 Å². The molecule has 22 heavy (non-hydrogen) atoms. The van der Waals surface area contributed by atoms with Gasteiger partial charge in [0, 0.05) is 17.5 Å². The van der Waals surface area contributed by atoms with Gasteiger partial charge in [0.2, 0.25) is 0 Å². The molecule has 0 spiro atoms. The number of carboxylic acid groups (broad SMARTS) is 1. The van der Waals surface area contributed by atoms with Crippen LogP contribution in [0, 0.1) is 24.6 Å². The highest BCUT2D eigenvalue weighted by Crippen LogP contribution is 2.09. The Morgan fingerprint density at radius 1 is 1.27 bits per heavy atom. The molecular formula is C16H10FN3O2. The van der Waals surface area contributed by atoms with Crippen LogP contribution in [-0.2, 0) is 0 Å². The minimum atomic E-state index is -1.08. The van der Waals surface area contributed by atoms with E-state index in [1.54, 1.807) is 31.3 Å². The third kappa shape index (κ3) is 2.52. The lowest BCUT2D eigenvalue weighted by atomic mass is 10.2. The number of aromatic nitrogens is 3. The number of pyridine rings is 2. The summed E-state index contributed by atoms with van der Waals surface area (Å²) in [5.74, 6) is 3.87. The van der Waals surface area contributed by atoms with Gasteiger partial charge < -0.3 is 5.11 Å². The number of fused-ring (bicyclic) bond motifs is 1. The van der Waals surface area contributed by atoms with Gasteiger partial charge in [0.1, 0.15) is 11.3 Å². The highest BCUT2D eigenvalue weighted by atomic mass is 19.1. The van der Waals surface area contributed by atoms with Crippen LogP contribution in [-0.4, -0.2) is 25.4 Å². The monoisotopic (exact) mass is 295 g/mol. The fourth-order valence-electron chi connectivity index (χ4n) is 1.97. The van der Waals surface area contributed by atoms with Gasteiger partial charge in [-0.2, -0.15) is 0 Å². The second-order valence-corrected chi connectivity index (χ2v) is 4.63. The van der Waals surface area contributed by atoms with E-state index in [0.717, 1.165) is 0 Å². The maximum absolute atomic E-state index is 13.6. The molecule has 0 saturated heterocycles. The Bertz CT molecular complexity index is 951. The highest BCUT2D eigenvalue weighted by molar-refractivity contribution is 5.86. The van der Waals surface area contributed by atoms with E-state index in [2.05, 4.69) is 21.8 Å². The van der Waals surface area contributed by atoms with Gasteiger partial charge in [-0.05, 0) is 37.1 Å². The first kappa shape index (κ1) is 13.8. The summed E-state index contributed by atoms with van der Waals surface area (Å²) in [5, 5.41) is 9.08. The van der Waals surface area contributed by atoms with Crippen LogP contribution in [0.15, 0.2) is 36.7 Å². The second kappa shape index (κ2) is 5.30. The lowest BCUT2D eigenvalue weighted by Crippen LogP contribution is -2.01. The summed E-state index contributed by atoms with van der Waals surface area (Å²) < 4.78 is 15.0. The third-order valence-corrected chi connectivity index (χ3v) is 3.04. The lowest BCUT2D eigenvalue weighted by molar-refractivity contribution is 0.0689. The van der Waals surface area contributed by atoms with Crippen LogP contribution in [0.3, 0.4) is 0 Å². The largest absolute Gasteiger partial charge is 0.477 e. The minimum Gasteiger partial charge on any atom is -0.477 e. The number of imidazole rings is 1. The Hall–Kier alpha value is -3.20. The van der Waals surface area contributed by atoms with Crippen molar-refractivity contribution in [3.8, 4) is 11.8 Å². The number of aromatic carboxylic acids is 1. The number of rotatable bonds is 1. The Labute approximate surface area is 125 Å². The number of aryl methyl sites for hydroxylation is 1. The first-order chi connectivity index (χ1) is 10.5. The lowest BCUT2D eigenvalue weighted by Gasteiger charge is -1.98. The van der Waals surface area contributed by atoms with Gasteiger partial charge in [0.15, 0.2) is 11.5 Å². The van der Waals surface area contributed by atoms with Crippen LogP contribution < -0.4 is 0 Å². The van der Waals surface area contributed by atoms with E-state index in [-0.39, 0.29) is 11.4 Å². The summed E-state index contributed by atoms with van der Waals surface area (Å²) >= 11 is 0. The van der Waals surface area contributed by atoms with E-state index >= 15 is 0 Å². The van der Waals surface area contributed by atoms with Crippen molar-refractivity contribution in [1.29, 1.82) is 0 Å². The molecule has 0 unspecified atom stereocenters. The van der Waals surface area contributed by atoms with Gasteiger partial charge in [0.25, 0.3) is 0 Å². The average Bonchev–Trinajstić information content (AvgIpc) is 2.91. The van der Waals surface area contributed by atoms with Gasteiger partial charge >= 0.3 is 5.97 Å². The molecule has 1 N–H and O–H groups in total. The zero-order valence-corrected chi connectivity index (χ0v) is 11.5. The Kier molecular flexibility index (Phi) is 3.31. The van der Waals surface area contributed by atoms with Gasteiger partial charge in [0.05, 0.1) is 6.20 Å². The molecule has 108 valence electrons. The quantitative estimate of drug-likeness (QED) is 0.699. The van der Waals surface area contributed by atoms with Crippen molar-refractivity contribution in [3.63, 3.8) is 0 Å². The Morgan fingerprint density at radius 3 is 2.86 bits per heavy atom. The summed E-state index contributed by atoms with van der Waals surface area (Å²) in [6.45, 7) is 1.75. The van der Waals surface area contributed by atoms with Crippen molar-refractivity contribution in [2.45, 2.75) is 6.92 Å². The number of halogens is 1. The van der Waals surface area contributed by atoms with E-state index in [9.17, 15) is 9.18 Å². The van der Waals surface area contributed by atoms with E-state index in [1.807, 2.05) is 0 Å². The second-order valence-electron chi connectivity index (χ2n) is 4.63. The maximum Gasteiger partial charge on any atom is 0.354 e. The molecule has 6 heteroatoms. The maximum atomic E-state index is 13.6. The van der Waals surface area contributed by atoms with Crippen molar-refractivity contribution in [2.24, 2.45) is 0 Å². The molecule has 0 saturated carbocycles. The predicted octanol–water partition coefficient (Wildman–Crippen LogP) is 2.27. The summed E-state index contributed by atoms with van der Waals surface area (Å²) in [7, 11) is 0. The van der Waals surface area contributed by atoms with Gasteiger partial charge in [-0.1, -0.05) is 5.92 Å². The van der Waals surface area contributed by atoms with Crippen molar-refractivity contribution in [1.82, 2.24) is 14.4 Å². The van der Waals surface area contributed by atoms with Crippen LogP contribution in [0.25, 0.3) is 5.65 Å². The minimum absolute atomic E-state index is 0.0403. The molecular weight excluding hydrogens is 285 g/mol. The highest BCUT2D eigenvalue weighted by Gasteiger charge is 2.10. The molecule has 0 aromatic carbocycles. The van der Waals surface area contributed by atoms with E-state index < -0.39 is 11.8 Å². The van der Waals surface area contributed by atoms with Crippen LogP contribution in [0.2, 0.25) is 0 Å². The summed E-state index contributed by atoms with van der Waals surface area (Å²) in [6, 6.07) is 6.22. The van der Waals surface area contributed by atoms with Crippen molar-refractivity contribution in [2.75, 3.05) is 0 Å². The van der Waals surface area contributed by atoms with Crippen LogP contribution >= 0.6 is 0 Å². The van der Waals surface area contributed by atoms with Gasteiger partial charge in [-0.25, -0.2) is 19.2 Å². The number of nitrogens with zero attached hydrogens (tertiary/aromatic N) is 3. The molecule has 0 amide bonds. The van der Waals surface area contributed by atoms with Crippen molar-refractivity contribution >= 4 is 11.6 Å². The number of carbonyl (C=O) groups is 1. The number of carboxylic acids is 1. The average molecular weight is 295 g/mol. The SMILES string of the molecule is Cc1ccc(F)c(C#Cc2ccc3ncc(C(=O)O)n3c2)n1. The first-order valence-corrected chi connectivity index (χ1v) is 6.40. The van der Waals surface area contributed by atoms with Gasteiger partial charge in [-0.15, -0.1) is 0 Å². The molecule has 5 nitrogen and oxygen atoms in total. The van der Waals surface area contributed by atoms with Crippen LogP contribution in [0.1, 0.15) is 27.4 Å². The molecule has 0 bridgehead atoms. The Morgan fingerprint density at radius 2 is 2.09 bits per heavy atom. The molecule has 0 aliphatic carbocycles. The molecule has 3 heterocycles. The normalized spacial score (nSPS) is 10.3. The Balaban J connectivity index is 2.05. The van der Waals surface area contributed by atoms with Gasteiger partial charge in [-0.3, -0.25) is 4.40 Å². The van der Waals surface area contributed by atoms with Crippen LogP contribution in [0.4, 0.5) is 4.39 Å². The third-order valence-electron chi connectivity index (χ3n) is 3.04. The van der Waals surface area contributed by atoms with E-state index in [1.165, 1.54) is 16.7 Å². The standard InChI is InChI=1S/C16H10FN3O2/c1-10-2-5-12(17)13(19-10)6-3-11-4-7-15-18-8-14(16(21)22)20(15)9-11/h2,4-5,7-9H,1H3,(H,21,22). The summed E-state index contributed by atoms with van der Waals surface area (Å²) in [4.78, 5) is 19.1. The number of hydrogen-bond donors (Lipinski definition) is 1. The summed E-state index contributed by atoms with van der Waals surface area (Å²) in [6.07, 6.45) is 2.82. The van der Waals surface area contributed by atoms with Crippen LogP contribution in [0.5, 0.6) is 0 Å². The zero-order valence-electron chi connectivity index (χ0n) is 11.5. The molecule has 3 aromatic heterocycles. The predicted molar refractivity (Wildman–Crippen MR) is 77.1 cm³/mol. The number of hydrogen-bond acceptors (Lipinski definition) is 3. The molecule has 3 rings (SSSR count). The topological polar surface area (TPSA) is 67.5 Å². The van der Waals surface area contributed by atoms with E-state index in [0.29, 0.717) is 16.9 Å². The molecule has 0 aliphatic heterocycles. The molecule has 3 aromatic rings. The zero-order chi connectivity index (χ0) is 15.7. The molecule has 0 aliphatic rings. The summed E-state index contributed by atoms with van der Waals surface area (Å²) in [5.41, 5.74) is 1.81. The fourth-order valence-corrected chi connectivity index (χ4v) is 1.97.